The highest BCUT2D eigenvalue weighted by Gasteiger charge is 2.26. The molecular formula is C17H14F2N4O2S2. The number of anilines is 1. The maximum Gasteiger partial charge on any atom is 0.316 e. The summed E-state index contributed by atoms with van der Waals surface area (Å²) in [6.07, 6.45) is 3.52. The zero-order chi connectivity index (χ0) is 19.5. The average Bonchev–Trinajstić information content (AvgIpc) is 3.10. The van der Waals surface area contributed by atoms with Crippen molar-refractivity contribution in [3.8, 4) is 5.82 Å². The molecule has 3 rings (SSSR count). The Morgan fingerprint density at radius 2 is 1.85 bits per heavy atom. The van der Waals surface area contributed by atoms with Crippen molar-refractivity contribution in [2.45, 2.75) is 15.0 Å². The smallest absolute Gasteiger partial charge is 0.263 e. The lowest BCUT2D eigenvalue weighted by molar-refractivity contribution is 0.163. The van der Waals surface area contributed by atoms with Gasteiger partial charge in [0.1, 0.15) is 5.82 Å². The number of nitrogens with one attached hydrogen (secondary N) is 1. The molecule has 0 saturated carbocycles. The highest BCUT2D eigenvalue weighted by Crippen LogP contribution is 2.36. The topological polar surface area (TPSA) is 76.9 Å². The van der Waals surface area contributed by atoms with Crippen LogP contribution in [-0.2, 0) is 10.0 Å². The molecule has 0 amide bonds. The van der Waals surface area contributed by atoms with Gasteiger partial charge in [0.2, 0.25) is 0 Å². The number of aromatic nitrogens is 3. The summed E-state index contributed by atoms with van der Waals surface area (Å²) < 4.78 is 55.6. The molecule has 1 aromatic carbocycles. The molecule has 6 nitrogen and oxygen atoms in total. The molecule has 0 radical (unpaired) electrons. The number of halogens is 2. The number of nitrogens with zero attached hydrogens (tertiary/aromatic N) is 3. The molecule has 0 aliphatic rings. The normalized spacial score (nSPS) is 11.9. The molecule has 0 atom stereocenters. The Morgan fingerprint density at radius 3 is 2.48 bits per heavy atom. The van der Waals surface area contributed by atoms with Gasteiger partial charge in [0.05, 0.1) is 11.1 Å². The second-order valence-corrected chi connectivity index (χ2v) is 8.16. The van der Waals surface area contributed by atoms with Gasteiger partial charge in [-0.2, -0.15) is 18.6 Å². The van der Waals surface area contributed by atoms with Crippen LogP contribution in [0.25, 0.3) is 5.82 Å². The van der Waals surface area contributed by atoms with Crippen molar-refractivity contribution in [3.05, 3.63) is 73.6 Å². The van der Waals surface area contributed by atoms with Crippen LogP contribution >= 0.6 is 11.8 Å². The van der Waals surface area contributed by atoms with Crippen LogP contribution in [0.5, 0.6) is 0 Å². The van der Waals surface area contributed by atoms with Crippen LogP contribution in [0, 0.1) is 0 Å². The van der Waals surface area contributed by atoms with E-state index in [0.717, 1.165) is 0 Å². The van der Waals surface area contributed by atoms with Gasteiger partial charge in [-0.1, -0.05) is 12.6 Å². The summed E-state index contributed by atoms with van der Waals surface area (Å²) in [5, 5.41) is 0.928. The SMILES string of the molecule is C=CC(F)(F)Sc1ccc(S(=O)(=O)Nc2ccnn2-c2ccccn2)cc1. The minimum absolute atomic E-state index is 0.0671. The zero-order valence-corrected chi connectivity index (χ0v) is 15.4. The number of sulfonamides is 1. The molecule has 1 N–H and O–H groups in total. The second-order valence-electron chi connectivity index (χ2n) is 5.26. The Hall–Kier alpha value is -2.72. The predicted molar refractivity (Wildman–Crippen MR) is 99.6 cm³/mol. The van der Waals surface area contributed by atoms with E-state index in [4.69, 9.17) is 0 Å². The third-order valence-corrected chi connectivity index (χ3v) is 5.69. The third kappa shape index (κ3) is 4.52. The largest absolute Gasteiger partial charge is 0.316 e. The van der Waals surface area contributed by atoms with Crippen molar-refractivity contribution in [3.63, 3.8) is 0 Å². The van der Waals surface area contributed by atoms with E-state index >= 15 is 0 Å². The highest BCUT2D eigenvalue weighted by molar-refractivity contribution is 8.00. The van der Waals surface area contributed by atoms with E-state index in [1.54, 1.807) is 24.4 Å². The number of hydrogen-bond donors (Lipinski definition) is 1. The minimum atomic E-state index is -3.94. The molecule has 2 heterocycles. The third-order valence-electron chi connectivity index (χ3n) is 3.37. The van der Waals surface area contributed by atoms with E-state index in [-0.39, 0.29) is 27.4 Å². The first-order chi connectivity index (χ1) is 12.8. The molecule has 27 heavy (non-hydrogen) atoms. The number of benzene rings is 1. The standard InChI is InChI=1S/C17H14F2N4O2S2/c1-2-17(18,19)26-13-6-8-14(9-7-13)27(24,25)22-16-10-12-21-23(16)15-5-3-4-11-20-15/h2-12,22H,1H2. The molecule has 2 aromatic heterocycles. The van der Waals surface area contributed by atoms with Gasteiger partial charge >= 0.3 is 5.25 Å². The lowest BCUT2D eigenvalue weighted by Gasteiger charge is -2.12. The first kappa shape index (κ1) is 19.1. The summed E-state index contributed by atoms with van der Waals surface area (Å²) in [7, 11) is -3.94. The Bertz CT molecular complexity index is 1040. The monoisotopic (exact) mass is 408 g/mol. The van der Waals surface area contributed by atoms with Gasteiger partial charge in [-0.05, 0) is 54.2 Å². The first-order valence-electron chi connectivity index (χ1n) is 7.59. The Balaban J connectivity index is 1.82. The molecule has 0 saturated heterocycles. The second kappa shape index (κ2) is 7.49. The van der Waals surface area contributed by atoms with Crippen LogP contribution in [-0.4, -0.2) is 28.4 Å². The number of rotatable bonds is 7. The van der Waals surface area contributed by atoms with Crippen molar-refractivity contribution in [1.29, 1.82) is 0 Å². The molecule has 0 aliphatic carbocycles. The molecule has 10 heteroatoms. The van der Waals surface area contributed by atoms with Crippen LogP contribution in [0.15, 0.2) is 83.4 Å². The summed E-state index contributed by atoms with van der Waals surface area (Å²) in [4.78, 5) is 4.27. The number of pyridine rings is 1. The predicted octanol–water partition coefficient (Wildman–Crippen LogP) is 3.94. The minimum Gasteiger partial charge on any atom is -0.263 e. The van der Waals surface area contributed by atoms with Gasteiger partial charge in [0.15, 0.2) is 5.82 Å². The maximum atomic E-state index is 13.3. The van der Waals surface area contributed by atoms with Gasteiger partial charge in [0.25, 0.3) is 10.0 Å². The van der Waals surface area contributed by atoms with E-state index in [0.29, 0.717) is 11.9 Å². The van der Waals surface area contributed by atoms with E-state index in [1.165, 1.54) is 41.2 Å². The summed E-state index contributed by atoms with van der Waals surface area (Å²) in [5.41, 5.74) is 0. The van der Waals surface area contributed by atoms with Crippen LogP contribution in [0.2, 0.25) is 0 Å². The summed E-state index contributed by atoms with van der Waals surface area (Å²) in [5.74, 6) is 0.643. The Labute approximate surface area is 159 Å². The molecular weight excluding hydrogens is 394 g/mol. The molecule has 0 bridgehead atoms. The van der Waals surface area contributed by atoms with Crippen LogP contribution in [0.4, 0.5) is 14.6 Å². The Morgan fingerprint density at radius 1 is 1.11 bits per heavy atom. The molecule has 140 valence electrons. The van der Waals surface area contributed by atoms with Crippen LogP contribution < -0.4 is 4.72 Å². The molecule has 3 aromatic rings. The van der Waals surface area contributed by atoms with Crippen LogP contribution in [0.3, 0.4) is 0 Å². The van der Waals surface area contributed by atoms with E-state index < -0.39 is 15.3 Å². The van der Waals surface area contributed by atoms with Crippen molar-refractivity contribution in [1.82, 2.24) is 14.8 Å². The van der Waals surface area contributed by atoms with Gasteiger partial charge in [-0.25, -0.2) is 13.4 Å². The quantitative estimate of drug-likeness (QED) is 0.473. The molecule has 0 aliphatic heterocycles. The van der Waals surface area contributed by atoms with Gasteiger partial charge < -0.3 is 0 Å². The highest BCUT2D eigenvalue weighted by atomic mass is 32.2. The lowest BCUT2D eigenvalue weighted by Crippen LogP contribution is -2.16. The fraction of sp³-hybridized carbons (Fsp3) is 0.0588. The fourth-order valence-electron chi connectivity index (χ4n) is 2.12. The molecule has 0 fully saturated rings. The van der Waals surface area contributed by atoms with Gasteiger partial charge in [-0.3, -0.25) is 4.72 Å². The number of hydrogen-bond acceptors (Lipinski definition) is 5. The molecule has 0 unspecified atom stereocenters. The summed E-state index contributed by atoms with van der Waals surface area (Å²) in [6, 6.07) is 11.8. The molecule has 0 spiro atoms. The van der Waals surface area contributed by atoms with Gasteiger partial charge in [0, 0.05) is 17.2 Å². The lowest BCUT2D eigenvalue weighted by atomic mass is 10.4. The number of alkyl halides is 2. The summed E-state index contributed by atoms with van der Waals surface area (Å²) in [6.45, 7) is 3.07. The van der Waals surface area contributed by atoms with E-state index in [1.807, 2.05) is 0 Å². The van der Waals surface area contributed by atoms with E-state index in [2.05, 4.69) is 21.4 Å². The number of thioether (sulfide) groups is 1. The van der Waals surface area contributed by atoms with Crippen molar-refractivity contribution < 1.29 is 17.2 Å². The van der Waals surface area contributed by atoms with Crippen molar-refractivity contribution >= 4 is 27.6 Å². The van der Waals surface area contributed by atoms with Gasteiger partial charge in [-0.15, -0.1) is 0 Å². The maximum absolute atomic E-state index is 13.3. The first-order valence-corrected chi connectivity index (χ1v) is 9.89. The van der Waals surface area contributed by atoms with E-state index in [9.17, 15) is 17.2 Å². The van der Waals surface area contributed by atoms with Crippen molar-refractivity contribution in [2.75, 3.05) is 4.72 Å². The Kier molecular flexibility index (Phi) is 5.29. The van der Waals surface area contributed by atoms with Crippen molar-refractivity contribution in [2.24, 2.45) is 0 Å². The zero-order valence-electron chi connectivity index (χ0n) is 13.8. The average molecular weight is 408 g/mol. The summed E-state index contributed by atoms with van der Waals surface area (Å²) >= 11 is 0.281. The fourth-order valence-corrected chi connectivity index (χ4v) is 3.84. The van der Waals surface area contributed by atoms with Crippen LogP contribution in [0.1, 0.15) is 0 Å².